The van der Waals surface area contributed by atoms with Crippen LogP contribution in [0.1, 0.15) is 18.4 Å². The summed E-state index contributed by atoms with van der Waals surface area (Å²) in [6.45, 7) is 0.476. The number of fused-ring (bicyclic) bond motifs is 1. The first kappa shape index (κ1) is 19.3. The number of halogens is 3. The highest BCUT2D eigenvalue weighted by atomic mass is 19.4. The molecule has 1 saturated carbocycles. The van der Waals surface area contributed by atoms with Crippen molar-refractivity contribution in [1.29, 1.82) is 0 Å². The van der Waals surface area contributed by atoms with Crippen LogP contribution in [0.25, 0.3) is 0 Å². The van der Waals surface area contributed by atoms with E-state index in [0.29, 0.717) is 6.61 Å². The van der Waals surface area contributed by atoms with Crippen molar-refractivity contribution in [1.82, 2.24) is 0 Å². The SMILES string of the molecule is COCCOCOc1ccc2c(c1)C(C#CC1CC1)(C(F)(F)F)OC(=O)N2. The van der Waals surface area contributed by atoms with Crippen molar-refractivity contribution in [2.24, 2.45) is 5.92 Å². The first-order valence-corrected chi connectivity index (χ1v) is 8.29. The number of cyclic esters (lactones) is 1. The summed E-state index contributed by atoms with van der Waals surface area (Å²) >= 11 is 0. The van der Waals surface area contributed by atoms with Crippen LogP contribution >= 0.6 is 0 Å². The molecule has 1 unspecified atom stereocenters. The molecule has 1 fully saturated rings. The number of hydrogen-bond acceptors (Lipinski definition) is 5. The molecule has 1 heterocycles. The summed E-state index contributed by atoms with van der Waals surface area (Å²) in [4.78, 5) is 11.7. The second kappa shape index (κ2) is 7.66. The lowest BCUT2D eigenvalue weighted by Crippen LogP contribution is -2.49. The molecule has 6 nitrogen and oxygen atoms in total. The van der Waals surface area contributed by atoms with Gasteiger partial charge < -0.3 is 18.9 Å². The van der Waals surface area contributed by atoms with Crippen LogP contribution in [0.3, 0.4) is 0 Å². The molecule has 0 saturated heterocycles. The Morgan fingerprint density at radius 2 is 2.11 bits per heavy atom. The molecule has 3 rings (SSSR count). The molecule has 0 spiro atoms. The molecule has 27 heavy (non-hydrogen) atoms. The number of hydrogen-bond donors (Lipinski definition) is 1. The minimum absolute atomic E-state index is 0.0266. The van der Waals surface area contributed by atoms with Crippen molar-refractivity contribution in [2.45, 2.75) is 24.6 Å². The topological polar surface area (TPSA) is 66.0 Å². The summed E-state index contributed by atoms with van der Waals surface area (Å²) in [5.41, 5.74) is -3.39. The fourth-order valence-electron chi connectivity index (χ4n) is 2.46. The molecule has 1 aromatic rings. The van der Waals surface area contributed by atoms with E-state index in [4.69, 9.17) is 18.9 Å². The normalized spacial score (nSPS) is 21.4. The lowest BCUT2D eigenvalue weighted by Gasteiger charge is -2.35. The average molecular weight is 385 g/mol. The average Bonchev–Trinajstić information content (AvgIpc) is 3.43. The van der Waals surface area contributed by atoms with Crippen molar-refractivity contribution in [3.8, 4) is 17.6 Å². The van der Waals surface area contributed by atoms with Gasteiger partial charge in [0.05, 0.1) is 18.9 Å². The fraction of sp³-hybridized carbons (Fsp3) is 0.500. The molecule has 1 aliphatic heterocycles. The van der Waals surface area contributed by atoms with Gasteiger partial charge in [-0.25, -0.2) is 4.79 Å². The molecule has 1 aliphatic carbocycles. The Hall–Kier alpha value is -2.44. The zero-order valence-electron chi connectivity index (χ0n) is 14.5. The molecule has 1 atom stereocenters. The van der Waals surface area contributed by atoms with Gasteiger partial charge in [-0.15, -0.1) is 0 Å². The van der Waals surface area contributed by atoms with Crippen molar-refractivity contribution >= 4 is 11.8 Å². The van der Waals surface area contributed by atoms with Gasteiger partial charge in [0.1, 0.15) is 5.75 Å². The first-order chi connectivity index (χ1) is 12.9. The van der Waals surface area contributed by atoms with E-state index < -0.39 is 17.9 Å². The molecule has 0 aromatic heterocycles. The Labute approximate surface area is 153 Å². The van der Waals surface area contributed by atoms with Gasteiger partial charge >= 0.3 is 12.3 Å². The number of amides is 1. The first-order valence-electron chi connectivity index (χ1n) is 8.29. The van der Waals surface area contributed by atoms with Crippen LogP contribution in [0.4, 0.5) is 23.7 Å². The van der Waals surface area contributed by atoms with E-state index in [1.807, 2.05) is 0 Å². The van der Waals surface area contributed by atoms with Gasteiger partial charge in [-0.2, -0.15) is 13.2 Å². The van der Waals surface area contributed by atoms with Crippen LogP contribution in [0.2, 0.25) is 0 Å². The quantitative estimate of drug-likeness (QED) is 0.462. The summed E-state index contributed by atoms with van der Waals surface area (Å²) in [6.07, 6.45) is -4.65. The minimum atomic E-state index is -4.92. The van der Waals surface area contributed by atoms with Gasteiger partial charge in [0.25, 0.3) is 5.60 Å². The largest absolute Gasteiger partial charge is 0.468 e. The van der Waals surface area contributed by atoms with E-state index in [2.05, 4.69) is 17.2 Å². The van der Waals surface area contributed by atoms with Crippen LogP contribution in [-0.4, -0.2) is 39.4 Å². The van der Waals surface area contributed by atoms with Crippen LogP contribution in [0, 0.1) is 17.8 Å². The Kier molecular flexibility index (Phi) is 5.48. The van der Waals surface area contributed by atoms with Gasteiger partial charge in [0, 0.05) is 18.6 Å². The van der Waals surface area contributed by atoms with Crippen molar-refractivity contribution in [2.75, 3.05) is 32.4 Å². The van der Waals surface area contributed by atoms with E-state index in [1.165, 1.54) is 19.2 Å². The predicted octanol–water partition coefficient (Wildman–Crippen LogP) is 3.42. The number of ether oxygens (including phenoxy) is 4. The number of alkyl halides is 3. The van der Waals surface area contributed by atoms with Crippen molar-refractivity contribution in [3.63, 3.8) is 0 Å². The Bertz CT molecular complexity index is 766. The molecule has 1 amide bonds. The fourth-order valence-corrected chi connectivity index (χ4v) is 2.46. The number of carbonyl (C=O) groups excluding carboxylic acids is 1. The third-order valence-corrected chi connectivity index (χ3v) is 4.02. The maximum atomic E-state index is 14.0. The lowest BCUT2D eigenvalue weighted by molar-refractivity contribution is -0.239. The summed E-state index contributed by atoms with van der Waals surface area (Å²) in [5.74, 6) is 4.77. The molecular formula is C18H18F3NO5. The summed E-state index contributed by atoms with van der Waals surface area (Å²) in [7, 11) is 1.52. The highest BCUT2D eigenvalue weighted by Crippen LogP contribution is 2.48. The van der Waals surface area contributed by atoms with E-state index in [-0.39, 0.29) is 36.3 Å². The number of rotatable bonds is 6. The maximum Gasteiger partial charge on any atom is 0.445 e. The Balaban J connectivity index is 1.91. The van der Waals surface area contributed by atoms with Gasteiger partial charge in [0.2, 0.25) is 0 Å². The van der Waals surface area contributed by atoms with E-state index in [1.54, 1.807) is 0 Å². The highest BCUT2D eigenvalue weighted by molar-refractivity contribution is 5.90. The Morgan fingerprint density at radius 3 is 2.78 bits per heavy atom. The molecule has 1 N–H and O–H groups in total. The number of nitrogens with one attached hydrogen (secondary N) is 1. The second-order valence-corrected chi connectivity index (χ2v) is 6.11. The zero-order valence-corrected chi connectivity index (χ0v) is 14.5. The van der Waals surface area contributed by atoms with Gasteiger partial charge in [-0.3, -0.25) is 5.32 Å². The molecule has 146 valence electrons. The van der Waals surface area contributed by atoms with Crippen LogP contribution in [0.5, 0.6) is 5.75 Å². The summed E-state index contributed by atoms with van der Waals surface area (Å²) < 4.78 is 61.9. The molecule has 0 radical (unpaired) electrons. The predicted molar refractivity (Wildman–Crippen MR) is 88.1 cm³/mol. The van der Waals surface area contributed by atoms with E-state index in [0.717, 1.165) is 18.9 Å². The number of methoxy groups -OCH3 is 1. The van der Waals surface area contributed by atoms with Gasteiger partial charge in [-0.05, 0) is 37.0 Å². The standard InChI is InChI=1S/C18H18F3NO5/c1-24-8-9-25-11-26-13-4-5-15-14(10-13)17(18(19,20)21,27-16(23)22-15)7-6-12-2-3-12/h4-5,10,12H,2-3,8-9,11H2,1H3,(H,22,23). The molecule has 1 aromatic carbocycles. The molecule has 2 aliphatic rings. The lowest BCUT2D eigenvalue weighted by atomic mass is 9.90. The third kappa shape index (κ3) is 4.28. The number of carbonyl (C=O) groups is 1. The summed E-state index contributed by atoms with van der Waals surface area (Å²) in [6, 6.07) is 3.91. The maximum absolute atomic E-state index is 14.0. The molecule has 9 heteroatoms. The third-order valence-electron chi connectivity index (χ3n) is 4.02. The summed E-state index contributed by atoms with van der Waals surface area (Å²) in [5, 5.41) is 2.27. The zero-order chi connectivity index (χ0) is 19.5. The van der Waals surface area contributed by atoms with Crippen LogP contribution < -0.4 is 10.1 Å². The second-order valence-electron chi connectivity index (χ2n) is 6.11. The van der Waals surface area contributed by atoms with Crippen molar-refractivity contribution in [3.05, 3.63) is 23.8 Å². The van der Waals surface area contributed by atoms with E-state index in [9.17, 15) is 18.0 Å². The smallest absolute Gasteiger partial charge is 0.445 e. The van der Waals surface area contributed by atoms with Gasteiger partial charge in [0.15, 0.2) is 6.79 Å². The molecule has 0 bridgehead atoms. The number of anilines is 1. The van der Waals surface area contributed by atoms with Crippen LogP contribution in [-0.2, 0) is 19.8 Å². The van der Waals surface area contributed by atoms with Gasteiger partial charge in [-0.1, -0.05) is 5.92 Å². The minimum Gasteiger partial charge on any atom is -0.468 e. The van der Waals surface area contributed by atoms with Crippen LogP contribution in [0.15, 0.2) is 18.2 Å². The van der Waals surface area contributed by atoms with E-state index >= 15 is 0 Å². The molecular weight excluding hydrogens is 367 g/mol. The monoisotopic (exact) mass is 385 g/mol. The number of benzene rings is 1. The van der Waals surface area contributed by atoms with Crippen molar-refractivity contribution < 1.29 is 36.9 Å². The highest BCUT2D eigenvalue weighted by Gasteiger charge is 2.62. The Morgan fingerprint density at radius 1 is 1.33 bits per heavy atom.